The van der Waals surface area contributed by atoms with Gasteiger partial charge in [-0.1, -0.05) is 30.4 Å². The van der Waals surface area contributed by atoms with E-state index in [9.17, 15) is 9.18 Å². The number of hydrogen-bond acceptors (Lipinski definition) is 2. The molecule has 0 radical (unpaired) electrons. The SMILES string of the molecule is C/C=C/C=C/C(=O)NCC(c1cccc(F)c1)N(C)C. The van der Waals surface area contributed by atoms with Gasteiger partial charge in [0.1, 0.15) is 5.82 Å². The van der Waals surface area contributed by atoms with Gasteiger partial charge in [0, 0.05) is 12.6 Å². The largest absolute Gasteiger partial charge is 0.351 e. The van der Waals surface area contributed by atoms with Crippen LogP contribution in [-0.4, -0.2) is 31.4 Å². The molecule has 1 unspecified atom stereocenters. The van der Waals surface area contributed by atoms with Crippen LogP contribution in [0, 0.1) is 5.82 Å². The lowest BCUT2D eigenvalue weighted by Crippen LogP contribution is -2.33. The summed E-state index contributed by atoms with van der Waals surface area (Å²) in [7, 11) is 3.80. The molecule has 0 saturated heterocycles. The van der Waals surface area contributed by atoms with Crippen LogP contribution in [0.5, 0.6) is 0 Å². The van der Waals surface area contributed by atoms with Gasteiger partial charge < -0.3 is 10.2 Å². The number of likely N-dealkylation sites (N-methyl/N-ethyl adjacent to an activating group) is 1. The molecule has 0 aliphatic heterocycles. The van der Waals surface area contributed by atoms with Gasteiger partial charge in [0.25, 0.3) is 0 Å². The fourth-order valence-corrected chi connectivity index (χ4v) is 1.82. The van der Waals surface area contributed by atoms with E-state index in [2.05, 4.69) is 5.32 Å². The highest BCUT2D eigenvalue weighted by Crippen LogP contribution is 2.18. The molecule has 0 aromatic heterocycles. The first kappa shape index (κ1) is 16.1. The molecule has 0 bridgehead atoms. The van der Waals surface area contributed by atoms with Crippen LogP contribution in [0.15, 0.2) is 48.6 Å². The van der Waals surface area contributed by atoms with Gasteiger partial charge in [-0.15, -0.1) is 0 Å². The molecule has 0 saturated carbocycles. The van der Waals surface area contributed by atoms with Crippen molar-refractivity contribution in [1.29, 1.82) is 0 Å². The highest BCUT2D eigenvalue weighted by Gasteiger charge is 2.15. The van der Waals surface area contributed by atoms with Crippen LogP contribution in [0.4, 0.5) is 4.39 Å². The zero-order chi connectivity index (χ0) is 15.0. The Morgan fingerprint density at radius 3 is 2.75 bits per heavy atom. The predicted octanol–water partition coefficient (Wildman–Crippen LogP) is 2.68. The molecule has 20 heavy (non-hydrogen) atoms. The average molecular weight is 276 g/mol. The fraction of sp³-hybridized carbons (Fsp3) is 0.312. The molecule has 4 heteroatoms. The van der Waals surface area contributed by atoms with Crippen molar-refractivity contribution in [3.05, 3.63) is 60.0 Å². The Labute approximate surface area is 119 Å². The van der Waals surface area contributed by atoms with Gasteiger partial charge in [0.05, 0.1) is 6.04 Å². The summed E-state index contributed by atoms with van der Waals surface area (Å²) >= 11 is 0. The molecule has 0 spiro atoms. The summed E-state index contributed by atoms with van der Waals surface area (Å²) in [6, 6.07) is 6.37. The third-order valence-corrected chi connectivity index (χ3v) is 2.88. The summed E-state index contributed by atoms with van der Waals surface area (Å²) in [5, 5.41) is 2.82. The van der Waals surface area contributed by atoms with E-state index in [0.29, 0.717) is 6.54 Å². The molecule has 1 aromatic carbocycles. The number of carbonyl (C=O) groups is 1. The molecule has 108 valence electrons. The number of nitrogens with one attached hydrogen (secondary N) is 1. The smallest absolute Gasteiger partial charge is 0.244 e. The van der Waals surface area contributed by atoms with Crippen LogP contribution < -0.4 is 5.32 Å². The molecule has 1 N–H and O–H groups in total. The average Bonchev–Trinajstić information content (AvgIpc) is 2.39. The molecule has 0 aliphatic carbocycles. The van der Waals surface area contributed by atoms with Crippen LogP contribution in [0.2, 0.25) is 0 Å². The first-order valence-electron chi connectivity index (χ1n) is 6.53. The lowest BCUT2D eigenvalue weighted by Gasteiger charge is -2.24. The van der Waals surface area contributed by atoms with E-state index < -0.39 is 0 Å². The minimum absolute atomic E-state index is 0.0650. The zero-order valence-electron chi connectivity index (χ0n) is 12.1. The quantitative estimate of drug-likeness (QED) is 0.640. The molecule has 0 aliphatic rings. The molecule has 1 amide bonds. The number of rotatable bonds is 6. The Balaban J connectivity index is 2.67. The van der Waals surface area contributed by atoms with Crippen LogP contribution in [0.3, 0.4) is 0 Å². The van der Waals surface area contributed by atoms with Crippen molar-refractivity contribution in [1.82, 2.24) is 10.2 Å². The van der Waals surface area contributed by atoms with Crippen LogP contribution in [0.1, 0.15) is 18.5 Å². The van der Waals surface area contributed by atoms with Crippen LogP contribution in [0.25, 0.3) is 0 Å². The van der Waals surface area contributed by atoms with Crippen molar-refractivity contribution >= 4 is 5.91 Å². The van der Waals surface area contributed by atoms with Gasteiger partial charge in [-0.2, -0.15) is 0 Å². The van der Waals surface area contributed by atoms with Crippen molar-refractivity contribution in [2.24, 2.45) is 0 Å². The van der Waals surface area contributed by atoms with E-state index in [1.165, 1.54) is 18.2 Å². The number of halogens is 1. The van der Waals surface area contributed by atoms with Gasteiger partial charge in [0.15, 0.2) is 0 Å². The number of amides is 1. The maximum atomic E-state index is 13.3. The minimum atomic E-state index is -0.270. The Morgan fingerprint density at radius 1 is 1.40 bits per heavy atom. The molecule has 3 nitrogen and oxygen atoms in total. The third-order valence-electron chi connectivity index (χ3n) is 2.88. The zero-order valence-corrected chi connectivity index (χ0v) is 12.1. The molecule has 1 aromatic rings. The molecule has 1 rings (SSSR count). The van der Waals surface area contributed by atoms with Crippen molar-refractivity contribution in [3.63, 3.8) is 0 Å². The fourth-order valence-electron chi connectivity index (χ4n) is 1.82. The Bertz CT molecular complexity index is 495. The van der Waals surface area contributed by atoms with Crippen molar-refractivity contribution in [3.8, 4) is 0 Å². The van der Waals surface area contributed by atoms with E-state index in [0.717, 1.165) is 5.56 Å². The summed E-state index contributed by atoms with van der Waals surface area (Å²) in [6.45, 7) is 2.31. The Morgan fingerprint density at radius 2 is 2.15 bits per heavy atom. The second-order valence-corrected chi connectivity index (χ2v) is 4.66. The molecule has 1 atom stereocenters. The lowest BCUT2D eigenvalue weighted by atomic mass is 10.1. The number of hydrogen-bond donors (Lipinski definition) is 1. The Hall–Kier alpha value is -1.94. The number of allylic oxidation sites excluding steroid dienone is 3. The first-order chi connectivity index (χ1) is 9.54. The van der Waals surface area contributed by atoms with Gasteiger partial charge in [-0.25, -0.2) is 4.39 Å². The van der Waals surface area contributed by atoms with Crippen molar-refractivity contribution < 1.29 is 9.18 Å². The standard InChI is InChI=1S/C16H21FN2O/c1-4-5-6-10-16(20)18-12-15(19(2)3)13-8-7-9-14(17)11-13/h4-11,15H,12H2,1-3H3,(H,18,20)/b5-4+,10-6+. The van der Waals surface area contributed by atoms with Gasteiger partial charge in [-0.05, 0) is 38.7 Å². The highest BCUT2D eigenvalue weighted by atomic mass is 19.1. The topological polar surface area (TPSA) is 32.3 Å². The summed E-state index contributed by atoms with van der Waals surface area (Å²) < 4.78 is 13.3. The number of nitrogens with zero attached hydrogens (tertiary/aromatic N) is 1. The van der Waals surface area contributed by atoms with Crippen LogP contribution in [-0.2, 0) is 4.79 Å². The molecule has 0 heterocycles. The third kappa shape index (κ3) is 5.36. The summed E-state index contributed by atoms with van der Waals surface area (Å²) in [4.78, 5) is 13.6. The van der Waals surface area contributed by atoms with Gasteiger partial charge in [-0.3, -0.25) is 4.79 Å². The van der Waals surface area contributed by atoms with Gasteiger partial charge >= 0.3 is 0 Å². The van der Waals surface area contributed by atoms with Crippen molar-refractivity contribution in [2.45, 2.75) is 13.0 Å². The predicted molar refractivity (Wildman–Crippen MR) is 79.8 cm³/mol. The van der Waals surface area contributed by atoms with Crippen molar-refractivity contribution in [2.75, 3.05) is 20.6 Å². The van der Waals surface area contributed by atoms with E-state index >= 15 is 0 Å². The van der Waals surface area contributed by atoms with E-state index in [1.807, 2.05) is 38.1 Å². The molecular weight excluding hydrogens is 255 g/mol. The van der Waals surface area contributed by atoms with Gasteiger partial charge in [0.2, 0.25) is 5.91 Å². The highest BCUT2D eigenvalue weighted by molar-refractivity contribution is 5.87. The van der Waals surface area contributed by atoms with Crippen LogP contribution >= 0.6 is 0 Å². The summed E-state index contributed by atoms with van der Waals surface area (Å²) in [5.74, 6) is -0.431. The Kier molecular flexibility index (Phi) is 6.67. The minimum Gasteiger partial charge on any atom is -0.351 e. The second-order valence-electron chi connectivity index (χ2n) is 4.66. The second kappa shape index (κ2) is 8.27. The van der Waals surface area contributed by atoms with E-state index in [4.69, 9.17) is 0 Å². The number of benzene rings is 1. The summed E-state index contributed by atoms with van der Waals surface area (Å²) in [5.41, 5.74) is 0.840. The molecule has 0 fully saturated rings. The van der Waals surface area contributed by atoms with E-state index in [-0.39, 0.29) is 17.8 Å². The first-order valence-corrected chi connectivity index (χ1v) is 6.53. The number of carbonyl (C=O) groups excluding carboxylic acids is 1. The normalized spacial score (nSPS) is 13.2. The monoisotopic (exact) mass is 276 g/mol. The van der Waals surface area contributed by atoms with E-state index in [1.54, 1.807) is 18.2 Å². The maximum absolute atomic E-state index is 13.3. The lowest BCUT2D eigenvalue weighted by molar-refractivity contribution is -0.116. The summed E-state index contributed by atoms with van der Waals surface area (Å²) in [6.07, 6.45) is 6.79. The maximum Gasteiger partial charge on any atom is 0.244 e. The molecular formula is C16H21FN2O.